The molecule has 0 spiro atoms. The highest BCUT2D eigenvalue weighted by Gasteiger charge is 2.18. The predicted octanol–water partition coefficient (Wildman–Crippen LogP) is 3.82. The van der Waals surface area contributed by atoms with Crippen molar-refractivity contribution in [3.8, 4) is 0 Å². The summed E-state index contributed by atoms with van der Waals surface area (Å²) in [6, 6.07) is 14.5. The second kappa shape index (κ2) is 9.53. The van der Waals surface area contributed by atoms with Crippen LogP contribution in [0.4, 0.5) is 5.69 Å². The molecule has 2 aromatic carbocycles. The van der Waals surface area contributed by atoms with Crippen LogP contribution in [-0.2, 0) is 16.0 Å². The number of para-hydroxylation sites is 1. The van der Waals surface area contributed by atoms with E-state index in [1.165, 1.54) is 0 Å². The molecule has 2 N–H and O–H groups in total. The summed E-state index contributed by atoms with van der Waals surface area (Å²) in [7, 11) is 0. The molecule has 2 aromatic rings. The van der Waals surface area contributed by atoms with Crippen LogP contribution in [0, 0.1) is 0 Å². The Morgan fingerprint density at radius 1 is 1.11 bits per heavy atom. The molecule has 1 atom stereocenters. The van der Waals surface area contributed by atoms with E-state index in [2.05, 4.69) is 10.6 Å². The molecule has 0 bridgehead atoms. The maximum atomic E-state index is 12.5. The normalized spacial score (nSPS) is 16.1. The first-order valence-corrected chi connectivity index (χ1v) is 9.53. The molecular weight excluding hydrogens is 364 g/mol. The van der Waals surface area contributed by atoms with Crippen molar-refractivity contribution in [1.82, 2.24) is 5.32 Å². The second-order valence-electron chi connectivity index (χ2n) is 6.53. The Kier molecular flexibility index (Phi) is 6.85. The fourth-order valence-electron chi connectivity index (χ4n) is 3.06. The summed E-state index contributed by atoms with van der Waals surface area (Å²) in [5.74, 6) is -0.373. The molecule has 1 saturated heterocycles. The van der Waals surface area contributed by atoms with Gasteiger partial charge < -0.3 is 15.4 Å². The van der Waals surface area contributed by atoms with Gasteiger partial charge in [-0.2, -0.15) is 0 Å². The van der Waals surface area contributed by atoms with Crippen molar-refractivity contribution >= 4 is 29.1 Å². The largest absolute Gasteiger partial charge is 0.376 e. The first-order valence-electron chi connectivity index (χ1n) is 9.15. The highest BCUT2D eigenvalue weighted by Crippen LogP contribution is 2.19. The molecular formula is C21H23ClN2O3. The molecule has 0 aliphatic carbocycles. The molecule has 2 amide bonds. The Balaban J connectivity index is 1.57. The van der Waals surface area contributed by atoms with E-state index in [0.29, 0.717) is 29.2 Å². The third-order valence-electron chi connectivity index (χ3n) is 4.54. The Labute approximate surface area is 164 Å². The zero-order valence-electron chi connectivity index (χ0n) is 15.0. The maximum absolute atomic E-state index is 12.5. The van der Waals surface area contributed by atoms with Crippen LogP contribution < -0.4 is 10.6 Å². The first kappa shape index (κ1) is 19.4. The van der Waals surface area contributed by atoms with Gasteiger partial charge in [-0.3, -0.25) is 9.59 Å². The number of aryl methyl sites for hydroxylation is 1. The molecule has 5 nitrogen and oxygen atoms in total. The van der Waals surface area contributed by atoms with Crippen molar-refractivity contribution in [3.05, 3.63) is 64.7 Å². The lowest BCUT2D eigenvalue weighted by molar-refractivity contribution is -0.116. The second-order valence-corrected chi connectivity index (χ2v) is 6.94. The minimum atomic E-state index is -0.215. The number of amides is 2. The lowest BCUT2D eigenvalue weighted by Crippen LogP contribution is -2.32. The molecule has 0 aromatic heterocycles. The van der Waals surface area contributed by atoms with Crippen molar-refractivity contribution < 1.29 is 14.3 Å². The zero-order valence-corrected chi connectivity index (χ0v) is 15.8. The molecule has 6 heteroatoms. The molecule has 3 rings (SSSR count). The third-order valence-corrected chi connectivity index (χ3v) is 4.91. The van der Waals surface area contributed by atoms with Crippen LogP contribution >= 0.6 is 11.6 Å². The van der Waals surface area contributed by atoms with Crippen molar-refractivity contribution in [2.45, 2.75) is 31.8 Å². The molecule has 1 fully saturated rings. The number of nitrogens with one attached hydrogen (secondary N) is 2. The highest BCUT2D eigenvalue weighted by molar-refractivity contribution is 6.31. The Bertz CT molecular complexity index is 804. The van der Waals surface area contributed by atoms with Gasteiger partial charge in [0, 0.05) is 24.6 Å². The van der Waals surface area contributed by atoms with E-state index >= 15 is 0 Å². The van der Waals surface area contributed by atoms with Crippen LogP contribution in [0.25, 0.3) is 0 Å². The van der Waals surface area contributed by atoms with E-state index < -0.39 is 0 Å². The van der Waals surface area contributed by atoms with Crippen molar-refractivity contribution in [3.63, 3.8) is 0 Å². The number of anilines is 1. The van der Waals surface area contributed by atoms with Gasteiger partial charge >= 0.3 is 0 Å². The zero-order chi connectivity index (χ0) is 19.1. The summed E-state index contributed by atoms with van der Waals surface area (Å²) in [5.41, 5.74) is 1.88. The van der Waals surface area contributed by atoms with E-state index in [4.69, 9.17) is 16.3 Å². The van der Waals surface area contributed by atoms with E-state index in [-0.39, 0.29) is 24.3 Å². The van der Waals surface area contributed by atoms with Crippen LogP contribution in [0.5, 0.6) is 0 Å². The topological polar surface area (TPSA) is 67.4 Å². The van der Waals surface area contributed by atoms with Gasteiger partial charge in [-0.05, 0) is 43.0 Å². The fraction of sp³-hybridized carbons (Fsp3) is 0.333. The number of benzene rings is 2. The van der Waals surface area contributed by atoms with E-state index in [9.17, 15) is 9.59 Å². The van der Waals surface area contributed by atoms with Crippen molar-refractivity contribution in [1.29, 1.82) is 0 Å². The minimum Gasteiger partial charge on any atom is -0.376 e. The van der Waals surface area contributed by atoms with E-state index in [1.807, 2.05) is 24.3 Å². The van der Waals surface area contributed by atoms with Gasteiger partial charge in [0.25, 0.3) is 5.91 Å². The number of halogens is 1. The Morgan fingerprint density at radius 2 is 1.89 bits per heavy atom. The Morgan fingerprint density at radius 3 is 2.67 bits per heavy atom. The molecule has 1 aliphatic heterocycles. The average molecular weight is 387 g/mol. The molecule has 27 heavy (non-hydrogen) atoms. The van der Waals surface area contributed by atoms with Gasteiger partial charge in [0.15, 0.2) is 0 Å². The van der Waals surface area contributed by atoms with Crippen LogP contribution in [0.1, 0.15) is 35.2 Å². The molecule has 1 aliphatic rings. The quantitative estimate of drug-likeness (QED) is 0.760. The molecule has 0 saturated carbocycles. The summed E-state index contributed by atoms with van der Waals surface area (Å²) in [5, 5.41) is 6.37. The van der Waals surface area contributed by atoms with Crippen molar-refractivity contribution in [2.24, 2.45) is 0 Å². The monoisotopic (exact) mass is 386 g/mol. The number of ether oxygens (including phenoxy) is 1. The van der Waals surface area contributed by atoms with Crippen LogP contribution in [0.15, 0.2) is 48.5 Å². The van der Waals surface area contributed by atoms with Crippen LogP contribution in [0.2, 0.25) is 5.02 Å². The summed E-state index contributed by atoms with van der Waals surface area (Å²) in [6.07, 6.45) is 2.89. The van der Waals surface area contributed by atoms with Gasteiger partial charge in [0.2, 0.25) is 5.91 Å². The van der Waals surface area contributed by atoms with E-state index in [0.717, 1.165) is 25.0 Å². The third kappa shape index (κ3) is 5.55. The van der Waals surface area contributed by atoms with Gasteiger partial charge in [-0.15, -0.1) is 0 Å². The standard InChI is InChI=1S/C21H23ClN2O3/c22-18-9-3-1-6-15(18)11-12-20(25)24-19-10-4-2-8-17(19)21(26)23-14-16-7-5-13-27-16/h1-4,6,8-10,16H,5,7,11-14H2,(H,23,26)(H,24,25)/t16-/m0/s1. The van der Waals surface area contributed by atoms with Gasteiger partial charge in [-0.1, -0.05) is 41.9 Å². The van der Waals surface area contributed by atoms with E-state index in [1.54, 1.807) is 24.3 Å². The fourth-order valence-corrected chi connectivity index (χ4v) is 3.29. The predicted molar refractivity (Wildman–Crippen MR) is 106 cm³/mol. The Hall–Kier alpha value is -2.37. The smallest absolute Gasteiger partial charge is 0.253 e. The number of hydrogen-bond donors (Lipinski definition) is 2. The van der Waals surface area contributed by atoms with Crippen molar-refractivity contribution in [2.75, 3.05) is 18.5 Å². The number of carbonyl (C=O) groups is 2. The van der Waals surface area contributed by atoms with Gasteiger partial charge in [-0.25, -0.2) is 0 Å². The van der Waals surface area contributed by atoms with Crippen LogP contribution in [-0.4, -0.2) is 31.1 Å². The number of rotatable bonds is 7. The van der Waals surface area contributed by atoms with Gasteiger partial charge in [0.05, 0.1) is 17.4 Å². The number of hydrogen-bond acceptors (Lipinski definition) is 3. The minimum absolute atomic E-state index is 0.0753. The van der Waals surface area contributed by atoms with Gasteiger partial charge in [0.1, 0.15) is 0 Å². The summed E-state index contributed by atoms with van der Waals surface area (Å²) in [6.45, 7) is 1.23. The average Bonchev–Trinajstić information content (AvgIpc) is 3.19. The summed E-state index contributed by atoms with van der Waals surface area (Å²) >= 11 is 6.13. The lowest BCUT2D eigenvalue weighted by atomic mass is 10.1. The molecule has 0 radical (unpaired) electrons. The number of carbonyl (C=O) groups excluding carboxylic acids is 2. The maximum Gasteiger partial charge on any atom is 0.253 e. The highest BCUT2D eigenvalue weighted by atomic mass is 35.5. The SMILES string of the molecule is O=C(CCc1ccccc1Cl)Nc1ccccc1C(=O)NC[C@@H]1CCCO1. The lowest BCUT2D eigenvalue weighted by Gasteiger charge is -2.14. The molecule has 0 unspecified atom stereocenters. The summed E-state index contributed by atoms with van der Waals surface area (Å²) in [4.78, 5) is 24.8. The van der Waals surface area contributed by atoms with Crippen LogP contribution in [0.3, 0.4) is 0 Å². The summed E-state index contributed by atoms with van der Waals surface area (Å²) < 4.78 is 5.52. The molecule has 142 valence electrons. The molecule has 1 heterocycles. The first-order chi connectivity index (χ1) is 13.1.